The minimum atomic E-state index is 0.300. The average Bonchev–Trinajstić information content (AvgIpc) is 2.54. The molecule has 1 saturated heterocycles. The van der Waals surface area contributed by atoms with E-state index in [0.717, 1.165) is 29.0 Å². The maximum Gasteiger partial charge on any atom is 0.0462 e. The molecule has 0 saturated carbocycles. The first-order valence-corrected chi connectivity index (χ1v) is 6.68. The Kier molecular flexibility index (Phi) is 3.90. The Bertz CT molecular complexity index is 383. The Balaban J connectivity index is 2.09. The lowest BCUT2D eigenvalue weighted by Gasteiger charge is -2.23. The van der Waals surface area contributed by atoms with Crippen LogP contribution in [0.2, 0.25) is 5.02 Å². The third-order valence-electron chi connectivity index (χ3n) is 3.33. The smallest absolute Gasteiger partial charge is 0.0462 e. The lowest BCUT2D eigenvalue weighted by Crippen LogP contribution is -2.36. The molecule has 0 aromatic heterocycles. The van der Waals surface area contributed by atoms with E-state index in [4.69, 9.17) is 17.3 Å². The Morgan fingerprint density at radius 2 is 2.31 bits per heavy atom. The molecule has 88 valence electrons. The van der Waals surface area contributed by atoms with Gasteiger partial charge in [-0.3, -0.25) is 4.90 Å². The molecule has 1 heterocycles. The summed E-state index contributed by atoms with van der Waals surface area (Å²) in [6, 6.07) is 6.79. The molecule has 2 N–H and O–H groups in total. The molecule has 4 heteroatoms. The SMILES string of the molecule is CC1C(N)CCN1Cc1ccc(Br)cc1Cl. The lowest BCUT2D eigenvalue weighted by atomic mass is 10.1. The molecule has 2 nitrogen and oxygen atoms in total. The largest absolute Gasteiger partial charge is 0.326 e. The predicted molar refractivity (Wildman–Crippen MR) is 71.6 cm³/mol. The molecular weight excluding hydrogens is 288 g/mol. The van der Waals surface area contributed by atoms with Crippen LogP contribution in [0.1, 0.15) is 18.9 Å². The molecule has 2 unspecified atom stereocenters. The van der Waals surface area contributed by atoms with Crippen molar-refractivity contribution in [2.24, 2.45) is 5.73 Å². The highest BCUT2D eigenvalue weighted by Crippen LogP contribution is 2.25. The topological polar surface area (TPSA) is 29.3 Å². The molecule has 2 rings (SSSR count). The van der Waals surface area contributed by atoms with Gasteiger partial charge in [-0.05, 0) is 31.0 Å². The zero-order valence-corrected chi connectivity index (χ0v) is 11.6. The molecule has 0 amide bonds. The fraction of sp³-hybridized carbons (Fsp3) is 0.500. The van der Waals surface area contributed by atoms with Gasteiger partial charge in [0.1, 0.15) is 0 Å². The van der Waals surface area contributed by atoms with Crippen molar-refractivity contribution in [3.8, 4) is 0 Å². The van der Waals surface area contributed by atoms with Crippen molar-refractivity contribution in [3.05, 3.63) is 33.3 Å². The van der Waals surface area contributed by atoms with Crippen LogP contribution in [-0.2, 0) is 6.54 Å². The first kappa shape index (κ1) is 12.4. The molecule has 0 aliphatic carbocycles. The molecule has 1 aliphatic heterocycles. The maximum atomic E-state index is 6.20. The molecule has 0 bridgehead atoms. The van der Waals surface area contributed by atoms with E-state index in [0.29, 0.717) is 12.1 Å². The van der Waals surface area contributed by atoms with Gasteiger partial charge in [-0.2, -0.15) is 0 Å². The van der Waals surface area contributed by atoms with Crippen molar-refractivity contribution in [2.75, 3.05) is 6.54 Å². The summed E-state index contributed by atoms with van der Waals surface area (Å²) in [6.07, 6.45) is 1.08. The fourth-order valence-corrected chi connectivity index (χ4v) is 2.86. The molecular formula is C12H16BrClN2. The quantitative estimate of drug-likeness (QED) is 0.910. The van der Waals surface area contributed by atoms with Crippen LogP contribution in [0.15, 0.2) is 22.7 Å². The van der Waals surface area contributed by atoms with Crippen molar-refractivity contribution in [3.63, 3.8) is 0 Å². The first-order valence-electron chi connectivity index (χ1n) is 5.51. The van der Waals surface area contributed by atoms with Crippen LogP contribution in [0.3, 0.4) is 0 Å². The third-order valence-corrected chi connectivity index (χ3v) is 4.18. The van der Waals surface area contributed by atoms with Gasteiger partial charge in [-0.25, -0.2) is 0 Å². The zero-order valence-electron chi connectivity index (χ0n) is 9.29. The summed E-state index contributed by atoms with van der Waals surface area (Å²) in [7, 11) is 0. The molecule has 2 atom stereocenters. The number of hydrogen-bond acceptors (Lipinski definition) is 2. The Labute approximate surface area is 110 Å². The predicted octanol–water partition coefficient (Wildman–Crippen LogP) is 3.02. The third kappa shape index (κ3) is 2.59. The number of nitrogens with zero attached hydrogens (tertiary/aromatic N) is 1. The van der Waals surface area contributed by atoms with Gasteiger partial charge in [-0.1, -0.05) is 33.6 Å². The summed E-state index contributed by atoms with van der Waals surface area (Å²) in [5, 5.41) is 0.821. The minimum absolute atomic E-state index is 0.300. The van der Waals surface area contributed by atoms with Gasteiger partial charge in [0.15, 0.2) is 0 Å². The van der Waals surface area contributed by atoms with Crippen LogP contribution < -0.4 is 5.73 Å². The van der Waals surface area contributed by atoms with E-state index in [1.165, 1.54) is 5.56 Å². The Hall–Kier alpha value is -0.0900. The van der Waals surface area contributed by atoms with Crippen molar-refractivity contribution in [1.82, 2.24) is 4.90 Å². The summed E-state index contributed by atoms with van der Waals surface area (Å²) >= 11 is 9.62. The van der Waals surface area contributed by atoms with Gasteiger partial charge in [-0.15, -0.1) is 0 Å². The van der Waals surface area contributed by atoms with Crippen LogP contribution in [0.4, 0.5) is 0 Å². The summed E-state index contributed by atoms with van der Waals surface area (Å²) < 4.78 is 1.02. The highest BCUT2D eigenvalue weighted by Gasteiger charge is 2.27. The minimum Gasteiger partial charge on any atom is -0.326 e. The summed E-state index contributed by atoms with van der Waals surface area (Å²) in [5.41, 5.74) is 7.17. The summed E-state index contributed by atoms with van der Waals surface area (Å²) in [5.74, 6) is 0. The number of nitrogens with two attached hydrogens (primary N) is 1. The molecule has 1 aliphatic rings. The van der Waals surface area contributed by atoms with E-state index in [2.05, 4.69) is 33.8 Å². The van der Waals surface area contributed by atoms with Crippen molar-refractivity contribution < 1.29 is 0 Å². The van der Waals surface area contributed by atoms with Gasteiger partial charge >= 0.3 is 0 Å². The molecule has 1 aromatic carbocycles. The van der Waals surface area contributed by atoms with Crippen molar-refractivity contribution in [2.45, 2.75) is 32.0 Å². The number of hydrogen-bond donors (Lipinski definition) is 1. The van der Waals surface area contributed by atoms with E-state index >= 15 is 0 Å². The monoisotopic (exact) mass is 302 g/mol. The van der Waals surface area contributed by atoms with Gasteiger partial charge in [0, 0.05) is 34.7 Å². The summed E-state index contributed by atoms with van der Waals surface area (Å²) in [4.78, 5) is 2.39. The van der Waals surface area contributed by atoms with Gasteiger partial charge in [0.25, 0.3) is 0 Å². The second kappa shape index (κ2) is 5.05. The van der Waals surface area contributed by atoms with Crippen LogP contribution in [0.5, 0.6) is 0 Å². The number of rotatable bonds is 2. The molecule has 1 fully saturated rings. The normalized spacial score (nSPS) is 26.2. The molecule has 1 aromatic rings. The maximum absolute atomic E-state index is 6.20. The summed E-state index contributed by atoms with van der Waals surface area (Å²) in [6.45, 7) is 4.14. The molecule has 0 radical (unpaired) electrons. The fourth-order valence-electron chi connectivity index (χ4n) is 2.12. The Morgan fingerprint density at radius 1 is 1.56 bits per heavy atom. The standard InChI is InChI=1S/C12H16BrClN2/c1-8-12(15)4-5-16(8)7-9-2-3-10(13)6-11(9)14/h2-3,6,8,12H,4-5,7,15H2,1H3. The van der Waals surface area contributed by atoms with E-state index in [1.54, 1.807) is 0 Å². The first-order chi connectivity index (χ1) is 7.58. The zero-order chi connectivity index (χ0) is 11.7. The average molecular weight is 304 g/mol. The number of benzene rings is 1. The van der Waals surface area contributed by atoms with Gasteiger partial charge < -0.3 is 5.73 Å². The van der Waals surface area contributed by atoms with E-state index < -0.39 is 0 Å². The van der Waals surface area contributed by atoms with Crippen LogP contribution >= 0.6 is 27.5 Å². The highest BCUT2D eigenvalue weighted by molar-refractivity contribution is 9.10. The van der Waals surface area contributed by atoms with Gasteiger partial charge in [0.2, 0.25) is 0 Å². The van der Waals surface area contributed by atoms with E-state index in [9.17, 15) is 0 Å². The van der Waals surface area contributed by atoms with E-state index in [1.807, 2.05) is 12.1 Å². The van der Waals surface area contributed by atoms with Crippen LogP contribution in [-0.4, -0.2) is 23.5 Å². The van der Waals surface area contributed by atoms with E-state index in [-0.39, 0.29) is 0 Å². The second-order valence-electron chi connectivity index (χ2n) is 4.40. The van der Waals surface area contributed by atoms with Crippen molar-refractivity contribution in [1.29, 1.82) is 0 Å². The van der Waals surface area contributed by atoms with Crippen LogP contribution in [0.25, 0.3) is 0 Å². The van der Waals surface area contributed by atoms with Crippen LogP contribution in [0, 0.1) is 0 Å². The number of halogens is 2. The molecule has 0 spiro atoms. The lowest BCUT2D eigenvalue weighted by molar-refractivity contribution is 0.252. The number of likely N-dealkylation sites (tertiary alicyclic amines) is 1. The van der Waals surface area contributed by atoms with Crippen molar-refractivity contribution >= 4 is 27.5 Å². The second-order valence-corrected chi connectivity index (χ2v) is 5.72. The molecule has 16 heavy (non-hydrogen) atoms. The highest BCUT2D eigenvalue weighted by atomic mass is 79.9. The Morgan fingerprint density at radius 3 is 2.88 bits per heavy atom. The van der Waals surface area contributed by atoms with Gasteiger partial charge in [0.05, 0.1) is 0 Å².